The van der Waals surface area contributed by atoms with Crippen LogP contribution in [-0.2, 0) is 16.1 Å². The van der Waals surface area contributed by atoms with E-state index in [1.165, 1.54) is 0 Å². The van der Waals surface area contributed by atoms with Crippen LogP contribution in [0.3, 0.4) is 0 Å². The first-order chi connectivity index (χ1) is 17.8. The molecule has 9 nitrogen and oxygen atoms in total. The van der Waals surface area contributed by atoms with E-state index in [4.69, 9.17) is 4.74 Å². The summed E-state index contributed by atoms with van der Waals surface area (Å²) in [7, 11) is 3.33. The van der Waals surface area contributed by atoms with Gasteiger partial charge >= 0.3 is 6.09 Å². The molecule has 0 fully saturated rings. The maximum absolute atomic E-state index is 12.0. The Morgan fingerprint density at radius 2 is 1.62 bits per heavy atom. The summed E-state index contributed by atoms with van der Waals surface area (Å²) in [5.74, 6) is 1.64. The van der Waals surface area contributed by atoms with Crippen molar-refractivity contribution in [2.24, 2.45) is 5.10 Å². The van der Waals surface area contributed by atoms with Crippen molar-refractivity contribution in [1.29, 1.82) is 0 Å². The van der Waals surface area contributed by atoms with Crippen LogP contribution in [0, 0.1) is 0 Å². The van der Waals surface area contributed by atoms with Crippen molar-refractivity contribution in [3.8, 4) is 0 Å². The Bertz CT molecular complexity index is 953. The maximum atomic E-state index is 12.0. The van der Waals surface area contributed by atoms with Gasteiger partial charge in [0.25, 0.3) is 0 Å². The van der Waals surface area contributed by atoms with E-state index in [2.05, 4.69) is 31.0 Å². The van der Waals surface area contributed by atoms with Gasteiger partial charge in [-0.2, -0.15) is 5.10 Å². The minimum Gasteiger partial charge on any atom is -0.444 e. The summed E-state index contributed by atoms with van der Waals surface area (Å²) in [5.41, 5.74) is 4.48. The van der Waals surface area contributed by atoms with Gasteiger partial charge in [0.1, 0.15) is 5.60 Å². The van der Waals surface area contributed by atoms with Gasteiger partial charge in [0.15, 0.2) is 18.9 Å². The minimum absolute atomic E-state index is 0.0464. The van der Waals surface area contributed by atoms with Crippen LogP contribution in [0.4, 0.5) is 10.5 Å². The zero-order valence-electron chi connectivity index (χ0n) is 21.9. The number of aromatic nitrogens is 1. The van der Waals surface area contributed by atoms with Crippen molar-refractivity contribution in [3.63, 3.8) is 0 Å². The van der Waals surface area contributed by atoms with Crippen molar-refractivity contribution in [2.75, 3.05) is 43.1 Å². The second-order valence-electron chi connectivity index (χ2n) is 9.03. The number of anilines is 1. The van der Waals surface area contributed by atoms with E-state index in [0.29, 0.717) is 26.1 Å². The molecule has 202 valence electrons. The number of amides is 2. The SMILES string of the molecule is CC(C)(C)OC(=O)NCCSSCCNC(=O)CCNCC[n+]1ccc(/C=N/Nc2ccccc2)cc1. The Hall–Kier alpha value is -2.76. The van der Waals surface area contributed by atoms with Crippen LogP contribution in [0.25, 0.3) is 0 Å². The standard InChI is InChI=1S/C26H38N6O3S2/c1-26(2,3)35-25(34)29-15-20-37-36-19-14-28-24(33)9-12-27-13-18-32-16-10-22(11-17-32)21-30-31-23-7-5-4-6-8-23/h4-8,10-11,16-17,21,27H,9,12-15,18-20H2,1-3H3,(H2,28,29,33,34)/p+1. The van der Waals surface area contributed by atoms with Gasteiger partial charge in [-0.25, -0.2) is 9.36 Å². The topological polar surface area (TPSA) is 108 Å². The molecule has 11 heteroatoms. The number of hydrogen-bond donors (Lipinski definition) is 4. The highest BCUT2D eigenvalue weighted by Crippen LogP contribution is 2.19. The van der Waals surface area contributed by atoms with Gasteiger partial charge in [0.2, 0.25) is 5.91 Å². The first kappa shape index (κ1) is 30.5. The summed E-state index contributed by atoms with van der Waals surface area (Å²) >= 11 is 0. The number of benzene rings is 1. The van der Waals surface area contributed by atoms with Crippen molar-refractivity contribution in [2.45, 2.75) is 39.3 Å². The number of pyridine rings is 1. The summed E-state index contributed by atoms with van der Waals surface area (Å²) in [5, 5.41) is 13.2. The van der Waals surface area contributed by atoms with Crippen molar-refractivity contribution >= 4 is 45.5 Å². The van der Waals surface area contributed by atoms with Crippen LogP contribution in [0.5, 0.6) is 0 Å². The number of carbonyl (C=O) groups excluding carboxylic acids is 2. The summed E-state index contributed by atoms with van der Waals surface area (Å²) in [6.45, 7) is 8.93. The normalized spacial score (nSPS) is 11.3. The molecule has 0 spiro atoms. The summed E-state index contributed by atoms with van der Waals surface area (Å²) in [4.78, 5) is 23.5. The van der Waals surface area contributed by atoms with Crippen molar-refractivity contribution < 1.29 is 18.9 Å². The van der Waals surface area contributed by atoms with E-state index in [-0.39, 0.29) is 5.91 Å². The number of nitrogens with zero attached hydrogens (tertiary/aromatic N) is 2. The highest BCUT2D eigenvalue weighted by molar-refractivity contribution is 8.76. The van der Waals surface area contributed by atoms with E-state index >= 15 is 0 Å². The number of para-hydroxylation sites is 1. The molecule has 0 atom stereocenters. The predicted molar refractivity (Wildman–Crippen MR) is 154 cm³/mol. The van der Waals surface area contributed by atoms with Gasteiger partial charge in [-0.05, 0) is 32.9 Å². The quantitative estimate of drug-likeness (QED) is 0.0839. The third-order valence-electron chi connectivity index (χ3n) is 4.62. The maximum Gasteiger partial charge on any atom is 0.407 e. The number of hydrogen-bond acceptors (Lipinski definition) is 8. The van der Waals surface area contributed by atoms with Crippen LogP contribution in [-0.4, -0.2) is 61.5 Å². The molecule has 4 N–H and O–H groups in total. The lowest BCUT2D eigenvalue weighted by molar-refractivity contribution is -0.695. The third-order valence-corrected chi connectivity index (χ3v) is 7.03. The fourth-order valence-electron chi connectivity index (χ4n) is 2.88. The average molecular weight is 548 g/mol. The Morgan fingerprint density at radius 1 is 0.946 bits per heavy atom. The first-order valence-electron chi connectivity index (χ1n) is 12.3. The Kier molecular flexibility index (Phi) is 14.5. The van der Waals surface area contributed by atoms with Crippen LogP contribution in [0.15, 0.2) is 60.0 Å². The lowest BCUT2D eigenvalue weighted by Crippen LogP contribution is -2.39. The predicted octanol–water partition coefficient (Wildman–Crippen LogP) is 3.42. The molecule has 2 amide bonds. The van der Waals surface area contributed by atoms with E-state index < -0.39 is 11.7 Å². The van der Waals surface area contributed by atoms with E-state index in [1.807, 2.05) is 75.6 Å². The molecule has 0 aliphatic carbocycles. The van der Waals surface area contributed by atoms with E-state index in [0.717, 1.165) is 35.8 Å². The van der Waals surface area contributed by atoms with E-state index in [1.54, 1.807) is 27.8 Å². The lowest BCUT2D eigenvalue weighted by Gasteiger charge is -2.19. The molecule has 2 aromatic rings. The molecule has 1 aromatic carbocycles. The summed E-state index contributed by atoms with van der Waals surface area (Å²) in [6.07, 6.45) is 5.87. The fraction of sp³-hybridized carbons (Fsp3) is 0.462. The molecule has 0 aliphatic rings. The molecule has 0 saturated carbocycles. The van der Waals surface area contributed by atoms with Crippen LogP contribution >= 0.6 is 21.6 Å². The molecule has 1 aromatic heterocycles. The first-order valence-corrected chi connectivity index (χ1v) is 14.8. The van der Waals surface area contributed by atoms with Crippen molar-refractivity contribution in [3.05, 3.63) is 60.4 Å². The van der Waals surface area contributed by atoms with Crippen LogP contribution in [0.2, 0.25) is 0 Å². The van der Waals surface area contributed by atoms with Gasteiger partial charge in [-0.1, -0.05) is 39.8 Å². The van der Waals surface area contributed by atoms with Crippen molar-refractivity contribution in [1.82, 2.24) is 16.0 Å². The number of carbonyl (C=O) groups is 2. The molecule has 0 saturated heterocycles. The zero-order chi connectivity index (χ0) is 26.8. The Morgan fingerprint density at radius 3 is 2.30 bits per heavy atom. The molecular weight excluding hydrogens is 508 g/mol. The highest BCUT2D eigenvalue weighted by atomic mass is 33.1. The highest BCUT2D eigenvalue weighted by Gasteiger charge is 2.15. The second-order valence-corrected chi connectivity index (χ2v) is 11.7. The molecule has 0 unspecified atom stereocenters. The summed E-state index contributed by atoms with van der Waals surface area (Å²) in [6, 6.07) is 13.8. The fourth-order valence-corrected chi connectivity index (χ4v) is 4.69. The smallest absolute Gasteiger partial charge is 0.407 e. The lowest BCUT2D eigenvalue weighted by atomic mass is 10.2. The van der Waals surface area contributed by atoms with E-state index in [9.17, 15) is 9.59 Å². The number of hydrazone groups is 1. The Labute approximate surface area is 228 Å². The van der Waals surface area contributed by atoms with Gasteiger partial charge in [-0.15, -0.1) is 0 Å². The molecule has 0 radical (unpaired) electrons. The van der Waals surface area contributed by atoms with Gasteiger partial charge in [0, 0.05) is 55.3 Å². The number of nitrogens with one attached hydrogen (secondary N) is 4. The second kappa shape index (κ2) is 17.7. The molecule has 2 rings (SSSR count). The number of rotatable bonds is 16. The van der Waals surface area contributed by atoms with Gasteiger partial charge < -0.3 is 20.7 Å². The van der Waals surface area contributed by atoms with Gasteiger partial charge in [-0.3, -0.25) is 10.2 Å². The average Bonchev–Trinajstić information content (AvgIpc) is 2.86. The summed E-state index contributed by atoms with van der Waals surface area (Å²) < 4.78 is 7.27. The van der Waals surface area contributed by atoms with Gasteiger partial charge in [0.05, 0.1) is 18.4 Å². The number of ether oxygens (including phenoxy) is 1. The van der Waals surface area contributed by atoms with Crippen LogP contribution < -0.4 is 25.9 Å². The molecule has 0 aliphatic heterocycles. The third kappa shape index (κ3) is 15.9. The Balaban J connectivity index is 1.43. The minimum atomic E-state index is -0.484. The van der Waals surface area contributed by atoms with Crippen LogP contribution in [0.1, 0.15) is 32.8 Å². The molecule has 0 bridgehead atoms. The number of alkyl carbamates (subject to hydrolysis) is 1. The zero-order valence-corrected chi connectivity index (χ0v) is 23.5. The molecule has 1 heterocycles. The molecular formula is C26H39N6O3S2+. The largest absolute Gasteiger partial charge is 0.444 e. The molecule has 37 heavy (non-hydrogen) atoms. The monoisotopic (exact) mass is 547 g/mol.